The van der Waals surface area contributed by atoms with Crippen molar-refractivity contribution in [1.29, 1.82) is 0 Å². The van der Waals surface area contributed by atoms with Crippen molar-refractivity contribution in [3.05, 3.63) is 82.9 Å². The molecule has 178 valence electrons. The minimum Gasteiger partial charge on any atom is -0.390 e. The van der Waals surface area contributed by atoms with Crippen LogP contribution in [0.1, 0.15) is 60.9 Å². The molecule has 3 aromatic carbocycles. The van der Waals surface area contributed by atoms with Crippen molar-refractivity contribution < 1.29 is 9.90 Å². The van der Waals surface area contributed by atoms with E-state index < -0.39 is 5.60 Å². The van der Waals surface area contributed by atoms with Crippen molar-refractivity contribution in [1.82, 2.24) is 10.2 Å². The highest BCUT2D eigenvalue weighted by Gasteiger charge is 2.46. The number of carbonyl (C=O) groups is 1. The van der Waals surface area contributed by atoms with E-state index in [0.717, 1.165) is 48.1 Å². The lowest BCUT2D eigenvalue weighted by molar-refractivity contribution is -0.0654. The third kappa shape index (κ3) is 5.00. The number of amides is 1. The second-order valence-corrected chi connectivity index (χ2v) is 10.5. The highest BCUT2D eigenvalue weighted by Crippen LogP contribution is 2.47. The van der Waals surface area contributed by atoms with Crippen LogP contribution in [0.2, 0.25) is 5.02 Å². The summed E-state index contributed by atoms with van der Waals surface area (Å²) in [7, 11) is 0. The first-order chi connectivity index (χ1) is 16.5. The van der Waals surface area contributed by atoms with Gasteiger partial charge in [-0.3, -0.25) is 9.69 Å². The fourth-order valence-electron chi connectivity index (χ4n) is 5.54. The molecule has 0 aliphatic heterocycles. The maximum absolute atomic E-state index is 12.7. The molecule has 1 amide bonds. The van der Waals surface area contributed by atoms with Gasteiger partial charge in [-0.05, 0) is 73.2 Å². The van der Waals surface area contributed by atoms with Gasteiger partial charge in [-0.2, -0.15) is 0 Å². The fourth-order valence-corrected chi connectivity index (χ4v) is 5.82. The quantitative estimate of drug-likeness (QED) is 0.412. The van der Waals surface area contributed by atoms with Crippen LogP contribution in [-0.4, -0.2) is 46.7 Å². The zero-order valence-corrected chi connectivity index (χ0v) is 20.5. The van der Waals surface area contributed by atoms with Gasteiger partial charge in [0.15, 0.2) is 0 Å². The first-order valence-electron chi connectivity index (χ1n) is 12.5. The van der Waals surface area contributed by atoms with Crippen LogP contribution in [0.5, 0.6) is 0 Å². The smallest absolute Gasteiger partial charge is 0.251 e. The molecule has 34 heavy (non-hydrogen) atoms. The number of fused-ring (bicyclic) bond motifs is 1. The number of nitrogens with one attached hydrogen (secondary N) is 1. The number of hydrogen-bond donors (Lipinski definition) is 2. The first-order valence-corrected chi connectivity index (χ1v) is 12.8. The second kappa shape index (κ2) is 9.69. The maximum atomic E-state index is 12.7. The number of halogens is 1. The van der Waals surface area contributed by atoms with Crippen molar-refractivity contribution in [3.8, 4) is 0 Å². The van der Waals surface area contributed by atoms with E-state index in [9.17, 15) is 9.90 Å². The standard InChI is InChI=1S/C29H33ClN2O2/c1-2-14-32(27-17-25(27)24-9-5-6-10-26(24)30)15-13-29(34)18-23(19-29)31-28(33)22-12-11-20-7-3-4-8-21(20)16-22/h3-12,16,23,25,27,34H,2,13-15,17-19H2,1H3,(H,31,33)/t23?,25-,27+,29?/m1/s1. The first kappa shape index (κ1) is 23.3. The Morgan fingerprint density at radius 1 is 1.06 bits per heavy atom. The van der Waals surface area contributed by atoms with Crippen LogP contribution in [0.4, 0.5) is 0 Å². The molecule has 5 rings (SSSR count). The molecule has 0 bridgehead atoms. The van der Waals surface area contributed by atoms with Gasteiger partial charge >= 0.3 is 0 Å². The fraction of sp³-hybridized carbons (Fsp3) is 0.414. The van der Waals surface area contributed by atoms with Gasteiger partial charge in [-0.15, -0.1) is 0 Å². The van der Waals surface area contributed by atoms with Gasteiger partial charge < -0.3 is 10.4 Å². The minimum absolute atomic E-state index is 0.0281. The normalized spacial score (nSPS) is 25.8. The summed E-state index contributed by atoms with van der Waals surface area (Å²) in [4.78, 5) is 15.3. The van der Waals surface area contributed by atoms with Gasteiger partial charge in [0, 0.05) is 35.1 Å². The maximum Gasteiger partial charge on any atom is 0.251 e. The Labute approximate surface area is 206 Å². The van der Waals surface area contributed by atoms with Crippen LogP contribution in [-0.2, 0) is 0 Å². The highest BCUT2D eigenvalue weighted by molar-refractivity contribution is 6.31. The lowest BCUT2D eigenvalue weighted by atomic mass is 9.73. The van der Waals surface area contributed by atoms with Crippen molar-refractivity contribution in [3.63, 3.8) is 0 Å². The molecule has 0 saturated heterocycles. The molecule has 2 aliphatic carbocycles. The van der Waals surface area contributed by atoms with Crippen molar-refractivity contribution >= 4 is 28.3 Å². The summed E-state index contributed by atoms with van der Waals surface area (Å²) in [5.41, 5.74) is 1.22. The Bertz CT molecular complexity index is 1170. The summed E-state index contributed by atoms with van der Waals surface area (Å²) in [5, 5.41) is 17.2. The molecule has 3 aromatic rings. The van der Waals surface area contributed by atoms with Crippen LogP contribution in [0.25, 0.3) is 10.8 Å². The molecular formula is C29H33ClN2O2. The molecule has 2 saturated carbocycles. The Morgan fingerprint density at radius 3 is 2.56 bits per heavy atom. The Hall–Kier alpha value is -2.40. The molecule has 5 heteroatoms. The minimum atomic E-state index is -0.692. The molecule has 2 N–H and O–H groups in total. The van der Waals surface area contributed by atoms with E-state index >= 15 is 0 Å². The van der Waals surface area contributed by atoms with Crippen LogP contribution >= 0.6 is 11.6 Å². The summed E-state index contributed by atoms with van der Waals surface area (Å²) in [6.07, 6.45) is 4.19. The Balaban J connectivity index is 1.12. The molecule has 2 fully saturated rings. The van der Waals surface area contributed by atoms with Gasteiger partial charge in [0.2, 0.25) is 0 Å². The van der Waals surface area contributed by atoms with Crippen molar-refractivity contribution in [2.24, 2.45) is 0 Å². The third-order valence-electron chi connectivity index (χ3n) is 7.51. The van der Waals surface area contributed by atoms with Crippen molar-refractivity contribution in [2.75, 3.05) is 13.1 Å². The van der Waals surface area contributed by atoms with Gasteiger partial charge in [0.05, 0.1) is 5.60 Å². The van der Waals surface area contributed by atoms with E-state index in [1.165, 1.54) is 5.56 Å². The summed E-state index contributed by atoms with van der Waals surface area (Å²) >= 11 is 6.42. The number of nitrogens with zero attached hydrogens (tertiary/aromatic N) is 1. The lowest BCUT2D eigenvalue weighted by Gasteiger charge is -2.45. The third-order valence-corrected chi connectivity index (χ3v) is 7.85. The molecule has 2 atom stereocenters. The van der Waals surface area contributed by atoms with E-state index in [0.29, 0.717) is 30.4 Å². The predicted octanol–water partition coefficient (Wildman–Crippen LogP) is 5.77. The van der Waals surface area contributed by atoms with Crippen LogP contribution in [0.3, 0.4) is 0 Å². The highest BCUT2D eigenvalue weighted by atomic mass is 35.5. The largest absolute Gasteiger partial charge is 0.390 e. The molecule has 0 unspecified atom stereocenters. The van der Waals surface area contributed by atoms with E-state index in [-0.39, 0.29) is 11.9 Å². The number of rotatable bonds is 9. The lowest BCUT2D eigenvalue weighted by Crippen LogP contribution is -2.56. The van der Waals surface area contributed by atoms with Gasteiger partial charge in [-0.25, -0.2) is 0 Å². The monoisotopic (exact) mass is 476 g/mol. The summed E-state index contributed by atoms with van der Waals surface area (Å²) in [6, 6.07) is 22.5. The van der Waals surface area contributed by atoms with Gasteiger partial charge in [-0.1, -0.05) is 67.1 Å². The molecule has 0 heterocycles. The van der Waals surface area contributed by atoms with Crippen LogP contribution in [0, 0.1) is 0 Å². The predicted molar refractivity (Wildman–Crippen MR) is 138 cm³/mol. The average Bonchev–Trinajstić information content (AvgIpc) is 3.61. The Kier molecular flexibility index (Phi) is 6.65. The number of benzene rings is 3. The van der Waals surface area contributed by atoms with Crippen LogP contribution in [0.15, 0.2) is 66.7 Å². The Morgan fingerprint density at radius 2 is 1.79 bits per heavy atom. The molecular weight excluding hydrogens is 444 g/mol. The van der Waals surface area contributed by atoms with Crippen LogP contribution < -0.4 is 5.32 Å². The number of carbonyl (C=O) groups excluding carboxylic acids is 1. The molecule has 0 aromatic heterocycles. The molecule has 2 aliphatic rings. The zero-order chi connectivity index (χ0) is 23.7. The van der Waals surface area contributed by atoms with E-state index in [1.807, 2.05) is 54.6 Å². The van der Waals surface area contributed by atoms with E-state index in [2.05, 4.69) is 29.3 Å². The van der Waals surface area contributed by atoms with Crippen molar-refractivity contribution in [2.45, 2.75) is 62.6 Å². The zero-order valence-electron chi connectivity index (χ0n) is 19.7. The summed E-state index contributed by atoms with van der Waals surface area (Å²) in [6.45, 7) is 4.11. The molecule has 4 nitrogen and oxygen atoms in total. The summed E-state index contributed by atoms with van der Waals surface area (Å²) in [5.74, 6) is 0.427. The van der Waals surface area contributed by atoms with E-state index in [4.69, 9.17) is 11.6 Å². The summed E-state index contributed by atoms with van der Waals surface area (Å²) < 4.78 is 0. The number of hydrogen-bond acceptors (Lipinski definition) is 3. The average molecular weight is 477 g/mol. The number of aliphatic hydroxyl groups is 1. The van der Waals surface area contributed by atoms with Gasteiger partial charge in [0.25, 0.3) is 5.91 Å². The van der Waals surface area contributed by atoms with Gasteiger partial charge in [0.1, 0.15) is 0 Å². The second-order valence-electron chi connectivity index (χ2n) is 10.1. The topological polar surface area (TPSA) is 52.6 Å². The molecule has 0 spiro atoms. The van der Waals surface area contributed by atoms with E-state index in [1.54, 1.807) is 0 Å². The molecule has 0 radical (unpaired) electrons. The SMILES string of the molecule is CCCN(CCC1(O)CC(NC(=O)c2ccc3ccccc3c2)C1)[C@H]1C[C@@H]1c1ccccc1Cl.